The summed E-state index contributed by atoms with van der Waals surface area (Å²) in [5.41, 5.74) is 5.01. The van der Waals surface area contributed by atoms with Gasteiger partial charge in [0.2, 0.25) is 5.91 Å². The number of hydrogen-bond donors (Lipinski definition) is 3. The van der Waals surface area contributed by atoms with Crippen molar-refractivity contribution >= 4 is 40.8 Å². The maximum Gasteiger partial charge on any atom is 0.235 e. The predicted molar refractivity (Wildman–Crippen MR) is 148 cm³/mol. The van der Waals surface area contributed by atoms with Gasteiger partial charge >= 0.3 is 0 Å². The normalized spacial score (nSPS) is 32.6. The lowest BCUT2D eigenvalue weighted by Gasteiger charge is -2.52. The lowest BCUT2D eigenvalue weighted by molar-refractivity contribution is -0.181. The molecule has 3 aliphatic carbocycles. The minimum atomic E-state index is -2.71. The van der Waals surface area contributed by atoms with E-state index < -0.39 is 64.4 Å². The number of carbonyl (C=O) groups is 5. The smallest absolute Gasteiger partial charge is 0.235 e. The molecule has 11 heteroatoms. The van der Waals surface area contributed by atoms with E-state index in [1.807, 2.05) is 12.3 Å². The first-order valence-corrected chi connectivity index (χ1v) is 15.2. The average molecular weight is 572 g/mol. The Morgan fingerprint density at radius 3 is 2.40 bits per heavy atom. The molecule has 1 saturated heterocycles. The number of fused-ring (bicyclic) bond motifs is 3. The predicted octanol–water partition coefficient (Wildman–Crippen LogP) is 0.716. The number of likely N-dealkylation sites (tertiary alicyclic amines) is 1. The van der Waals surface area contributed by atoms with E-state index in [0.717, 1.165) is 31.5 Å². The Kier molecular flexibility index (Phi) is 7.71. The SMILES string of the molecule is CSCc1cc(CN2CCCCC2)c2c(c1O)C(=O)C1C(=O)[C@]3(O)C(=O)C(C(N)=O)C(=O)[C@@H](N(C)C)[C@@H]3C[C@@H]1C2. The molecule has 216 valence electrons. The maximum absolute atomic E-state index is 14.1. The summed E-state index contributed by atoms with van der Waals surface area (Å²) in [6.07, 6.45) is 5.61. The number of aliphatic hydroxyl groups is 1. The van der Waals surface area contributed by atoms with Crippen molar-refractivity contribution in [1.82, 2.24) is 9.80 Å². The number of benzene rings is 1. The Labute approximate surface area is 237 Å². The van der Waals surface area contributed by atoms with Crippen LogP contribution in [-0.4, -0.2) is 94.1 Å². The summed E-state index contributed by atoms with van der Waals surface area (Å²) >= 11 is 1.50. The first-order valence-electron chi connectivity index (χ1n) is 13.9. The fourth-order valence-corrected chi connectivity index (χ4v) is 8.11. The van der Waals surface area contributed by atoms with Crippen molar-refractivity contribution in [3.8, 4) is 5.75 Å². The Balaban J connectivity index is 1.62. The molecule has 0 spiro atoms. The number of carbonyl (C=O) groups excluding carboxylic acids is 5. The van der Waals surface area contributed by atoms with Crippen molar-refractivity contribution in [3.05, 3.63) is 28.3 Å². The van der Waals surface area contributed by atoms with Crippen LogP contribution >= 0.6 is 11.8 Å². The third kappa shape index (κ3) is 4.33. The number of rotatable bonds is 6. The molecule has 0 aromatic heterocycles. The number of thioether (sulfide) groups is 1. The number of amides is 1. The molecule has 1 aliphatic heterocycles. The van der Waals surface area contributed by atoms with Gasteiger partial charge in [-0.15, -0.1) is 0 Å². The van der Waals surface area contributed by atoms with E-state index in [0.29, 0.717) is 29.8 Å². The summed E-state index contributed by atoms with van der Waals surface area (Å²) in [6, 6.07) is 0.855. The second-order valence-corrected chi connectivity index (χ2v) is 12.8. The number of nitrogens with zero attached hydrogens (tertiary/aromatic N) is 2. The molecule has 3 fully saturated rings. The number of aromatic hydroxyl groups is 1. The second kappa shape index (κ2) is 10.7. The van der Waals surface area contributed by atoms with Gasteiger partial charge in [-0.05, 0) is 82.2 Å². The standard InChI is InChI=1S/C29H37N3O7S/c1-31(2)22-18-11-14-10-17-15(12-32-7-5-4-6-8-32)9-16(13-40-3)23(33)20(17)24(34)19(14)26(36)29(18,39)27(37)21(25(22)35)28(30)38/h9,14,18-19,21-22,33,39H,4-8,10-13H2,1-3H3,(H2,30,38)/t14-,18-,19?,21?,22-,29-/m0/s1. The summed E-state index contributed by atoms with van der Waals surface area (Å²) < 4.78 is 0. The fourth-order valence-electron chi connectivity index (χ4n) is 7.58. The number of likely N-dealkylation sites (N-methyl/N-ethyl adjacent to an activating group) is 1. The summed E-state index contributed by atoms with van der Waals surface area (Å²) in [4.78, 5) is 70.9. The quantitative estimate of drug-likeness (QED) is 0.415. The molecule has 4 aliphatic rings. The van der Waals surface area contributed by atoms with Crippen LogP contribution in [0.2, 0.25) is 0 Å². The van der Waals surface area contributed by atoms with Crippen LogP contribution in [-0.2, 0) is 37.9 Å². The van der Waals surface area contributed by atoms with Gasteiger partial charge in [-0.1, -0.05) is 6.42 Å². The van der Waals surface area contributed by atoms with Gasteiger partial charge in [0.1, 0.15) is 5.75 Å². The van der Waals surface area contributed by atoms with Crippen LogP contribution in [0.3, 0.4) is 0 Å². The van der Waals surface area contributed by atoms with Crippen molar-refractivity contribution in [3.63, 3.8) is 0 Å². The Hall–Kier alpha value is -2.60. The summed E-state index contributed by atoms with van der Waals surface area (Å²) in [6.45, 7) is 2.50. The Bertz CT molecular complexity index is 1290. The monoisotopic (exact) mass is 571 g/mol. The van der Waals surface area contributed by atoms with E-state index in [2.05, 4.69) is 4.90 Å². The molecule has 4 N–H and O–H groups in total. The molecule has 5 rings (SSSR count). The number of phenols is 1. The number of Topliss-reactive ketones (excluding diaryl/α,β-unsaturated/α-hetero) is 4. The number of ketones is 4. The number of piperidine rings is 1. The van der Waals surface area contributed by atoms with E-state index in [4.69, 9.17) is 5.73 Å². The van der Waals surface area contributed by atoms with E-state index in [-0.39, 0.29) is 17.7 Å². The van der Waals surface area contributed by atoms with Gasteiger partial charge in [0.25, 0.3) is 0 Å². The molecule has 6 atom stereocenters. The van der Waals surface area contributed by atoms with E-state index in [1.54, 1.807) is 14.1 Å². The second-order valence-electron chi connectivity index (χ2n) is 12.0. The molecule has 2 unspecified atom stereocenters. The first kappa shape index (κ1) is 28.9. The Morgan fingerprint density at radius 2 is 1.80 bits per heavy atom. The maximum atomic E-state index is 14.1. The highest BCUT2D eigenvalue weighted by atomic mass is 32.2. The van der Waals surface area contributed by atoms with E-state index in [1.165, 1.54) is 23.1 Å². The molecule has 1 aromatic carbocycles. The molecule has 40 heavy (non-hydrogen) atoms. The minimum Gasteiger partial charge on any atom is -0.507 e. The zero-order valence-corrected chi connectivity index (χ0v) is 24.0. The average Bonchev–Trinajstić information content (AvgIpc) is 2.89. The van der Waals surface area contributed by atoms with Gasteiger partial charge in [0, 0.05) is 23.8 Å². The largest absolute Gasteiger partial charge is 0.507 e. The third-order valence-electron chi connectivity index (χ3n) is 9.38. The number of nitrogens with two attached hydrogens (primary N) is 1. The highest BCUT2D eigenvalue weighted by Gasteiger charge is 2.69. The summed E-state index contributed by atoms with van der Waals surface area (Å²) in [5, 5.41) is 23.0. The molecule has 0 radical (unpaired) electrons. The minimum absolute atomic E-state index is 0.0559. The van der Waals surface area contributed by atoms with Gasteiger partial charge in [-0.3, -0.25) is 33.8 Å². The zero-order chi connectivity index (χ0) is 29.1. The van der Waals surface area contributed by atoms with Crippen LogP contribution in [0.4, 0.5) is 0 Å². The topological polar surface area (TPSA) is 158 Å². The lowest BCUT2D eigenvalue weighted by Crippen LogP contribution is -2.74. The molecular weight excluding hydrogens is 534 g/mol. The number of phenolic OH excluding ortho intramolecular Hbond substituents is 1. The van der Waals surface area contributed by atoms with Crippen LogP contribution in [0.25, 0.3) is 0 Å². The van der Waals surface area contributed by atoms with Gasteiger partial charge < -0.3 is 15.9 Å². The molecule has 1 amide bonds. The first-order chi connectivity index (χ1) is 18.9. The zero-order valence-electron chi connectivity index (χ0n) is 23.1. The molecule has 0 bridgehead atoms. The molecule has 1 aromatic rings. The van der Waals surface area contributed by atoms with Crippen LogP contribution < -0.4 is 5.73 Å². The van der Waals surface area contributed by atoms with Gasteiger partial charge in [0.05, 0.1) is 17.5 Å². The third-order valence-corrected chi connectivity index (χ3v) is 9.97. The van der Waals surface area contributed by atoms with E-state index in [9.17, 15) is 34.2 Å². The van der Waals surface area contributed by atoms with Gasteiger partial charge in [-0.2, -0.15) is 11.8 Å². The molecule has 10 nitrogen and oxygen atoms in total. The highest BCUT2D eigenvalue weighted by molar-refractivity contribution is 7.97. The number of primary amides is 1. The van der Waals surface area contributed by atoms with Crippen LogP contribution in [0.1, 0.15) is 52.7 Å². The van der Waals surface area contributed by atoms with Crippen molar-refractivity contribution in [2.45, 2.75) is 56.0 Å². The van der Waals surface area contributed by atoms with Crippen molar-refractivity contribution < 1.29 is 34.2 Å². The lowest BCUT2D eigenvalue weighted by atomic mass is 9.52. The molecule has 2 saturated carbocycles. The van der Waals surface area contributed by atoms with Crippen LogP contribution in [0, 0.1) is 23.7 Å². The van der Waals surface area contributed by atoms with Gasteiger partial charge in [-0.25, -0.2) is 0 Å². The Morgan fingerprint density at radius 1 is 1.12 bits per heavy atom. The highest BCUT2D eigenvalue weighted by Crippen LogP contribution is 2.51. The van der Waals surface area contributed by atoms with Gasteiger partial charge in [0.15, 0.2) is 34.7 Å². The van der Waals surface area contributed by atoms with Crippen molar-refractivity contribution in [2.75, 3.05) is 33.4 Å². The van der Waals surface area contributed by atoms with Crippen LogP contribution in [0.15, 0.2) is 6.07 Å². The van der Waals surface area contributed by atoms with Crippen LogP contribution in [0.5, 0.6) is 5.75 Å². The summed E-state index contributed by atoms with van der Waals surface area (Å²) in [5.74, 6) is -9.59. The van der Waals surface area contributed by atoms with Crippen molar-refractivity contribution in [2.24, 2.45) is 29.4 Å². The fraction of sp³-hybridized carbons (Fsp3) is 0.621. The molecule has 1 heterocycles. The number of hydrogen-bond acceptors (Lipinski definition) is 10. The summed E-state index contributed by atoms with van der Waals surface area (Å²) in [7, 11) is 3.16. The van der Waals surface area contributed by atoms with Crippen molar-refractivity contribution in [1.29, 1.82) is 0 Å². The van der Waals surface area contributed by atoms with E-state index >= 15 is 0 Å². The molecular formula is C29H37N3O7S.